The summed E-state index contributed by atoms with van der Waals surface area (Å²) < 4.78 is 0. The van der Waals surface area contributed by atoms with Crippen molar-refractivity contribution in [2.24, 2.45) is 5.92 Å². The van der Waals surface area contributed by atoms with Crippen LogP contribution in [0, 0.1) is 5.92 Å². The highest BCUT2D eigenvalue weighted by atomic mass is 16.2. The van der Waals surface area contributed by atoms with E-state index in [2.05, 4.69) is 15.6 Å². The lowest BCUT2D eigenvalue weighted by Gasteiger charge is -2.20. The smallest absolute Gasteiger partial charge is 0.256 e. The Labute approximate surface area is 157 Å². The molecule has 3 rings (SSSR count). The number of benzene rings is 1. The zero-order chi connectivity index (χ0) is 19.4. The van der Waals surface area contributed by atoms with Gasteiger partial charge in [-0.05, 0) is 50.2 Å². The summed E-state index contributed by atoms with van der Waals surface area (Å²) >= 11 is 0. The van der Waals surface area contributed by atoms with Crippen LogP contribution in [0.1, 0.15) is 30.6 Å². The Morgan fingerprint density at radius 2 is 1.85 bits per heavy atom. The average Bonchev–Trinajstić information content (AvgIpc) is 3.05. The minimum atomic E-state index is -0.355. The van der Waals surface area contributed by atoms with E-state index in [1.807, 2.05) is 13.8 Å². The summed E-state index contributed by atoms with van der Waals surface area (Å²) in [6.45, 7) is 4.31. The number of carbonyl (C=O) groups is 3. The van der Waals surface area contributed by atoms with E-state index in [0.29, 0.717) is 23.6 Å². The standard InChI is InChI=1S/C20H22N4O3/c1-13(2)24-12-15(11-18(24)25)20(27)22-16-8-6-14(7-9-16)19(26)23-17-5-3-4-10-21-17/h3-10,13,15H,11-12H2,1-2H3,(H,22,27)(H,21,23,26)/t15-/m1/s1. The molecule has 1 aromatic carbocycles. The molecular formula is C20H22N4O3. The van der Waals surface area contributed by atoms with Gasteiger partial charge in [0.25, 0.3) is 5.91 Å². The van der Waals surface area contributed by atoms with Crippen LogP contribution in [0.4, 0.5) is 11.5 Å². The second-order valence-corrected chi connectivity index (χ2v) is 6.78. The first-order chi connectivity index (χ1) is 12.9. The fourth-order valence-corrected chi connectivity index (χ4v) is 2.98. The molecule has 0 bridgehead atoms. The van der Waals surface area contributed by atoms with Crippen LogP contribution >= 0.6 is 0 Å². The molecule has 3 amide bonds. The van der Waals surface area contributed by atoms with Gasteiger partial charge in [0, 0.05) is 36.5 Å². The minimum absolute atomic E-state index is 0.00619. The Balaban J connectivity index is 1.58. The van der Waals surface area contributed by atoms with Crippen molar-refractivity contribution in [1.82, 2.24) is 9.88 Å². The lowest BCUT2D eigenvalue weighted by molar-refractivity contribution is -0.129. The van der Waals surface area contributed by atoms with Gasteiger partial charge in [-0.3, -0.25) is 14.4 Å². The Kier molecular flexibility index (Phi) is 5.49. The third-order valence-electron chi connectivity index (χ3n) is 4.47. The summed E-state index contributed by atoms with van der Waals surface area (Å²) in [5.74, 6) is -0.336. The normalized spacial score (nSPS) is 16.5. The highest BCUT2D eigenvalue weighted by Gasteiger charge is 2.35. The SMILES string of the molecule is CC(C)N1C[C@H](C(=O)Nc2ccc(C(=O)Nc3ccccn3)cc2)CC1=O. The Hall–Kier alpha value is -3.22. The molecule has 0 radical (unpaired) electrons. The topological polar surface area (TPSA) is 91.4 Å². The first-order valence-electron chi connectivity index (χ1n) is 8.87. The highest BCUT2D eigenvalue weighted by Crippen LogP contribution is 2.22. The molecule has 1 atom stereocenters. The van der Waals surface area contributed by atoms with E-state index in [0.717, 1.165) is 0 Å². The maximum atomic E-state index is 12.4. The molecule has 2 N–H and O–H groups in total. The largest absolute Gasteiger partial charge is 0.339 e. The average molecular weight is 366 g/mol. The van der Waals surface area contributed by atoms with E-state index in [1.54, 1.807) is 53.6 Å². The number of rotatable bonds is 5. The first kappa shape index (κ1) is 18.6. The lowest BCUT2D eigenvalue weighted by atomic mass is 10.1. The summed E-state index contributed by atoms with van der Waals surface area (Å²) in [6, 6.07) is 12.0. The lowest BCUT2D eigenvalue weighted by Crippen LogP contribution is -2.33. The van der Waals surface area contributed by atoms with Gasteiger partial charge < -0.3 is 15.5 Å². The fraction of sp³-hybridized carbons (Fsp3) is 0.300. The van der Waals surface area contributed by atoms with Crippen LogP contribution in [-0.4, -0.2) is 40.2 Å². The number of anilines is 2. The molecule has 140 valence electrons. The molecule has 7 nitrogen and oxygen atoms in total. The van der Waals surface area contributed by atoms with Crippen LogP contribution in [0.25, 0.3) is 0 Å². The number of amides is 3. The van der Waals surface area contributed by atoms with Crippen LogP contribution in [0.2, 0.25) is 0 Å². The number of aromatic nitrogens is 1. The molecule has 0 aliphatic carbocycles. The van der Waals surface area contributed by atoms with E-state index in [4.69, 9.17) is 0 Å². The highest BCUT2D eigenvalue weighted by molar-refractivity contribution is 6.04. The number of nitrogens with zero attached hydrogens (tertiary/aromatic N) is 2. The van der Waals surface area contributed by atoms with Crippen molar-refractivity contribution in [3.8, 4) is 0 Å². The third-order valence-corrected chi connectivity index (χ3v) is 4.47. The summed E-state index contributed by atoms with van der Waals surface area (Å²) in [4.78, 5) is 42.3. The monoisotopic (exact) mass is 366 g/mol. The number of hydrogen-bond donors (Lipinski definition) is 2. The summed E-state index contributed by atoms with van der Waals surface area (Å²) in [5, 5.41) is 5.52. The molecule has 0 unspecified atom stereocenters. The first-order valence-corrected chi connectivity index (χ1v) is 8.87. The zero-order valence-corrected chi connectivity index (χ0v) is 15.3. The molecule has 1 aliphatic rings. The summed E-state index contributed by atoms with van der Waals surface area (Å²) in [7, 11) is 0. The molecule has 1 aromatic heterocycles. The summed E-state index contributed by atoms with van der Waals surface area (Å²) in [6.07, 6.45) is 1.83. The minimum Gasteiger partial charge on any atom is -0.339 e. The van der Waals surface area contributed by atoms with Crippen molar-refractivity contribution in [1.29, 1.82) is 0 Å². The van der Waals surface area contributed by atoms with Crippen molar-refractivity contribution in [2.45, 2.75) is 26.3 Å². The molecule has 0 saturated carbocycles. The van der Waals surface area contributed by atoms with Crippen molar-refractivity contribution < 1.29 is 14.4 Å². The van der Waals surface area contributed by atoms with Gasteiger partial charge in [-0.1, -0.05) is 6.07 Å². The van der Waals surface area contributed by atoms with Gasteiger partial charge in [-0.2, -0.15) is 0 Å². The molecule has 2 aromatic rings. The van der Waals surface area contributed by atoms with Gasteiger partial charge in [-0.25, -0.2) is 4.98 Å². The fourth-order valence-electron chi connectivity index (χ4n) is 2.98. The number of hydrogen-bond acceptors (Lipinski definition) is 4. The van der Waals surface area contributed by atoms with E-state index < -0.39 is 0 Å². The van der Waals surface area contributed by atoms with Crippen molar-refractivity contribution in [3.05, 3.63) is 54.2 Å². The van der Waals surface area contributed by atoms with Gasteiger partial charge >= 0.3 is 0 Å². The zero-order valence-electron chi connectivity index (χ0n) is 15.3. The van der Waals surface area contributed by atoms with Crippen molar-refractivity contribution in [3.63, 3.8) is 0 Å². The second kappa shape index (κ2) is 7.99. The second-order valence-electron chi connectivity index (χ2n) is 6.78. The quantitative estimate of drug-likeness (QED) is 0.851. The van der Waals surface area contributed by atoms with E-state index in [-0.39, 0.29) is 36.1 Å². The molecule has 7 heteroatoms. The summed E-state index contributed by atoms with van der Waals surface area (Å²) in [5.41, 5.74) is 1.05. The molecule has 1 fully saturated rings. The number of likely N-dealkylation sites (tertiary alicyclic amines) is 1. The maximum Gasteiger partial charge on any atom is 0.256 e. The van der Waals surface area contributed by atoms with E-state index in [1.165, 1.54) is 0 Å². The van der Waals surface area contributed by atoms with Crippen LogP contribution in [-0.2, 0) is 9.59 Å². The van der Waals surface area contributed by atoms with Gasteiger partial charge in [0.1, 0.15) is 5.82 Å². The van der Waals surface area contributed by atoms with Gasteiger partial charge in [0.05, 0.1) is 5.92 Å². The predicted molar refractivity (Wildman–Crippen MR) is 102 cm³/mol. The van der Waals surface area contributed by atoms with Crippen molar-refractivity contribution in [2.75, 3.05) is 17.2 Å². The van der Waals surface area contributed by atoms with E-state index >= 15 is 0 Å². The van der Waals surface area contributed by atoms with Crippen LogP contribution in [0.3, 0.4) is 0 Å². The Bertz CT molecular complexity index is 834. The van der Waals surface area contributed by atoms with E-state index in [9.17, 15) is 14.4 Å². The predicted octanol–water partition coefficient (Wildman–Crippen LogP) is 2.53. The molecule has 1 saturated heterocycles. The maximum absolute atomic E-state index is 12.4. The Morgan fingerprint density at radius 3 is 2.44 bits per heavy atom. The third kappa shape index (κ3) is 4.49. The van der Waals surface area contributed by atoms with Crippen LogP contribution in [0.5, 0.6) is 0 Å². The number of carbonyl (C=O) groups excluding carboxylic acids is 3. The van der Waals surface area contributed by atoms with Gasteiger partial charge in [0.15, 0.2) is 0 Å². The molecule has 0 spiro atoms. The van der Waals surface area contributed by atoms with Crippen molar-refractivity contribution >= 4 is 29.2 Å². The van der Waals surface area contributed by atoms with Crippen LogP contribution in [0.15, 0.2) is 48.7 Å². The molecule has 1 aliphatic heterocycles. The Morgan fingerprint density at radius 1 is 1.11 bits per heavy atom. The van der Waals surface area contributed by atoms with Gasteiger partial charge in [-0.15, -0.1) is 0 Å². The number of nitrogens with one attached hydrogen (secondary N) is 2. The van der Waals surface area contributed by atoms with Crippen LogP contribution < -0.4 is 10.6 Å². The number of pyridine rings is 1. The van der Waals surface area contributed by atoms with Gasteiger partial charge in [0.2, 0.25) is 11.8 Å². The molecular weight excluding hydrogens is 344 g/mol. The molecule has 27 heavy (non-hydrogen) atoms. The molecule has 2 heterocycles.